The third-order valence-electron chi connectivity index (χ3n) is 5.79. The van der Waals surface area contributed by atoms with Gasteiger partial charge < -0.3 is 9.47 Å². The molecule has 192 valence electrons. The number of amides is 1. The van der Waals surface area contributed by atoms with E-state index in [1.165, 1.54) is 11.8 Å². The van der Waals surface area contributed by atoms with Crippen molar-refractivity contribution in [3.8, 4) is 11.5 Å². The quantitative estimate of drug-likeness (QED) is 0.249. The van der Waals surface area contributed by atoms with E-state index >= 15 is 0 Å². The van der Waals surface area contributed by atoms with Crippen molar-refractivity contribution in [3.63, 3.8) is 0 Å². The number of amidine groups is 1. The first-order valence-corrected chi connectivity index (χ1v) is 13.6. The number of carbonyl (C=O) groups excluding carboxylic acids is 1. The van der Waals surface area contributed by atoms with Crippen LogP contribution in [-0.2, 0) is 11.4 Å². The molecule has 0 radical (unpaired) electrons. The van der Waals surface area contributed by atoms with Gasteiger partial charge in [0.15, 0.2) is 16.7 Å². The SMILES string of the molecule is CCCCN1C(=O)/C(=C\c2cccc(OC)c2OCc2ccc(Cl)cc2Cl)SC1=Nc1ccc(C)cc1. The molecule has 8 heteroatoms. The normalized spacial score (nSPS) is 15.6. The molecule has 37 heavy (non-hydrogen) atoms. The average molecular weight is 556 g/mol. The van der Waals surface area contributed by atoms with Crippen molar-refractivity contribution in [2.45, 2.75) is 33.3 Å². The maximum atomic E-state index is 13.4. The van der Waals surface area contributed by atoms with Crippen LogP contribution in [0.5, 0.6) is 11.5 Å². The Hall–Kier alpha value is -2.93. The molecule has 1 amide bonds. The summed E-state index contributed by atoms with van der Waals surface area (Å²) in [5, 5.41) is 1.75. The fraction of sp³-hybridized carbons (Fsp3) is 0.241. The van der Waals surface area contributed by atoms with E-state index in [9.17, 15) is 4.79 Å². The van der Waals surface area contributed by atoms with Gasteiger partial charge in [0.05, 0.1) is 17.7 Å². The van der Waals surface area contributed by atoms with E-state index in [1.54, 1.807) is 24.1 Å². The predicted octanol–water partition coefficient (Wildman–Crippen LogP) is 8.29. The van der Waals surface area contributed by atoms with Gasteiger partial charge in [-0.05, 0) is 61.5 Å². The Balaban J connectivity index is 1.66. The van der Waals surface area contributed by atoms with Crippen LogP contribution in [0.25, 0.3) is 6.08 Å². The van der Waals surface area contributed by atoms with Crippen molar-refractivity contribution >= 4 is 57.8 Å². The number of aryl methyl sites for hydroxylation is 1. The molecule has 5 nitrogen and oxygen atoms in total. The monoisotopic (exact) mass is 554 g/mol. The van der Waals surface area contributed by atoms with Gasteiger partial charge in [0.1, 0.15) is 6.61 Å². The number of thioether (sulfide) groups is 1. The van der Waals surface area contributed by atoms with E-state index in [1.807, 2.05) is 61.5 Å². The first-order valence-electron chi connectivity index (χ1n) is 12.0. The van der Waals surface area contributed by atoms with E-state index in [0.717, 1.165) is 35.2 Å². The van der Waals surface area contributed by atoms with Gasteiger partial charge in [-0.25, -0.2) is 4.99 Å². The Morgan fingerprint density at radius 2 is 1.86 bits per heavy atom. The largest absolute Gasteiger partial charge is 0.493 e. The zero-order valence-corrected chi connectivity index (χ0v) is 23.3. The summed E-state index contributed by atoms with van der Waals surface area (Å²) in [6.45, 7) is 4.97. The van der Waals surface area contributed by atoms with Crippen LogP contribution in [0.4, 0.5) is 5.69 Å². The van der Waals surface area contributed by atoms with Crippen LogP contribution >= 0.6 is 35.0 Å². The zero-order valence-electron chi connectivity index (χ0n) is 21.0. The Morgan fingerprint density at radius 3 is 2.57 bits per heavy atom. The molecule has 1 fully saturated rings. The molecule has 1 aliphatic rings. The highest BCUT2D eigenvalue weighted by Gasteiger charge is 2.33. The summed E-state index contributed by atoms with van der Waals surface area (Å²) in [4.78, 5) is 20.6. The second kappa shape index (κ2) is 12.5. The van der Waals surface area contributed by atoms with E-state index < -0.39 is 0 Å². The topological polar surface area (TPSA) is 51.1 Å². The van der Waals surface area contributed by atoms with Crippen molar-refractivity contribution in [1.29, 1.82) is 0 Å². The number of aliphatic imine (C=N–C) groups is 1. The summed E-state index contributed by atoms with van der Waals surface area (Å²) in [6.07, 6.45) is 3.71. The minimum absolute atomic E-state index is 0.0705. The maximum absolute atomic E-state index is 13.4. The van der Waals surface area contributed by atoms with Crippen molar-refractivity contribution < 1.29 is 14.3 Å². The van der Waals surface area contributed by atoms with Crippen molar-refractivity contribution in [3.05, 3.63) is 92.3 Å². The number of benzene rings is 3. The Labute approximate surface area is 232 Å². The lowest BCUT2D eigenvalue weighted by Gasteiger charge is -2.15. The van der Waals surface area contributed by atoms with Gasteiger partial charge in [-0.15, -0.1) is 0 Å². The van der Waals surface area contributed by atoms with E-state index in [2.05, 4.69) is 6.92 Å². The van der Waals surface area contributed by atoms with Crippen LogP contribution in [-0.4, -0.2) is 29.6 Å². The molecule has 1 saturated heterocycles. The van der Waals surface area contributed by atoms with E-state index in [4.69, 9.17) is 37.7 Å². The highest BCUT2D eigenvalue weighted by molar-refractivity contribution is 8.18. The highest BCUT2D eigenvalue weighted by atomic mass is 35.5. The predicted molar refractivity (Wildman–Crippen MR) is 154 cm³/mol. The number of methoxy groups -OCH3 is 1. The summed E-state index contributed by atoms with van der Waals surface area (Å²) < 4.78 is 11.7. The van der Waals surface area contributed by atoms with Gasteiger partial charge in [0, 0.05) is 27.7 Å². The number of halogens is 2. The lowest BCUT2D eigenvalue weighted by molar-refractivity contribution is -0.122. The van der Waals surface area contributed by atoms with Crippen LogP contribution in [0.2, 0.25) is 10.0 Å². The van der Waals surface area contributed by atoms with Gasteiger partial charge in [-0.2, -0.15) is 0 Å². The minimum atomic E-state index is -0.0705. The number of hydrogen-bond donors (Lipinski definition) is 0. The highest BCUT2D eigenvalue weighted by Crippen LogP contribution is 2.39. The van der Waals surface area contributed by atoms with Gasteiger partial charge >= 0.3 is 0 Å². The third-order valence-corrected chi connectivity index (χ3v) is 7.38. The standard InChI is InChI=1S/C29H28Cl2N2O3S/c1-4-5-15-33-28(34)26(37-29(33)32-23-13-9-19(2)10-14-23)16-20-7-6-8-25(35-3)27(20)36-18-21-11-12-22(30)17-24(21)31/h6-14,16-17H,4-5,15,18H2,1-3H3/b26-16+,32-29?. The molecule has 0 saturated carbocycles. The molecule has 0 bridgehead atoms. The van der Waals surface area contributed by atoms with Gasteiger partial charge in [0.2, 0.25) is 0 Å². The molecule has 0 aliphatic carbocycles. The molecule has 0 unspecified atom stereocenters. The number of carbonyl (C=O) groups is 1. The van der Waals surface area contributed by atoms with E-state index in [0.29, 0.717) is 38.2 Å². The number of nitrogens with zero attached hydrogens (tertiary/aromatic N) is 2. The molecule has 1 aliphatic heterocycles. The van der Waals surface area contributed by atoms with Crippen LogP contribution in [0, 0.1) is 6.92 Å². The smallest absolute Gasteiger partial charge is 0.266 e. The molecule has 4 rings (SSSR count). The van der Waals surface area contributed by atoms with Crippen LogP contribution in [0.15, 0.2) is 70.6 Å². The Kier molecular flexibility index (Phi) is 9.19. The summed E-state index contributed by atoms with van der Waals surface area (Å²) in [6, 6.07) is 18.8. The molecule has 0 aromatic heterocycles. The number of rotatable bonds is 9. The van der Waals surface area contributed by atoms with Gasteiger partial charge in [0.25, 0.3) is 5.91 Å². The van der Waals surface area contributed by atoms with Crippen molar-refractivity contribution in [1.82, 2.24) is 4.90 Å². The molecule has 0 N–H and O–H groups in total. The molecule has 0 atom stereocenters. The molecule has 3 aromatic rings. The lowest BCUT2D eigenvalue weighted by atomic mass is 10.1. The van der Waals surface area contributed by atoms with Gasteiger partial charge in [-0.1, -0.05) is 72.4 Å². The van der Waals surface area contributed by atoms with Crippen molar-refractivity contribution in [2.24, 2.45) is 4.99 Å². The maximum Gasteiger partial charge on any atom is 0.266 e. The molecule has 1 heterocycles. The number of unbranched alkanes of at least 4 members (excludes halogenated alkanes) is 1. The second-order valence-corrected chi connectivity index (χ2v) is 10.4. The van der Waals surface area contributed by atoms with Crippen LogP contribution in [0.3, 0.4) is 0 Å². The zero-order chi connectivity index (χ0) is 26.4. The fourth-order valence-electron chi connectivity index (χ4n) is 3.73. The molecule has 3 aromatic carbocycles. The minimum Gasteiger partial charge on any atom is -0.493 e. The first kappa shape index (κ1) is 27.1. The Morgan fingerprint density at radius 1 is 1.08 bits per heavy atom. The number of hydrogen-bond acceptors (Lipinski definition) is 5. The van der Waals surface area contributed by atoms with Crippen molar-refractivity contribution in [2.75, 3.05) is 13.7 Å². The van der Waals surface area contributed by atoms with Gasteiger partial charge in [-0.3, -0.25) is 9.69 Å². The summed E-state index contributed by atoms with van der Waals surface area (Å²) in [5.74, 6) is 1.02. The average Bonchev–Trinajstić information content (AvgIpc) is 3.17. The molecular weight excluding hydrogens is 527 g/mol. The number of para-hydroxylation sites is 1. The molecular formula is C29H28Cl2N2O3S. The van der Waals surface area contributed by atoms with Crippen LogP contribution in [0.1, 0.15) is 36.5 Å². The third kappa shape index (κ3) is 6.69. The summed E-state index contributed by atoms with van der Waals surface area (Å²) >= 11 is 13.7. The second-order valence-electron chi connectivity index (χ2n) is 8.55. The lowest BCUT2D eigenvalue weighted by Crippen LogP contribution is -2.30. The molecule has 0 spiro atoms. The number of ether oxygens (including phenoxy) is 2. The van der Waals surface area contributed by atoms with E-state index in [-0.39, 0.29) is 12.5 Å². The van der Waals surface area contributed by atoms with Crippen LogP contribution < -0.4 is 9.47 Å². The summed E-state index contributed by atoms with van der Waals surface area (Å²) in [5.41, 5.74) is 3.49. The Bertz CT molecular complexity index is 1340. The first-order chi connectivity index (χ1) is 17.9. The fourth-order valence-corrected chi connectivity index (χ4v) is 5.20. The summed E-state index contributed by atoms with van der Waals surface area (Å²) in [7, 11) is 1.59.